The first-order valence-corrected chi connectivity index (χ1v) is 9.14. The smallest absolute Gasteiger partial charge is 0.187 e. The van der Waals surface area contributed by atoms with Gasteiger partial charge in [0, 0.05) is 12.0 Å². The van der Waals surface area contributed by atoms with E-state index in [0.717, 1.165) is 0 Å². The van der Waals surface area contributed by atoms with Gasteiger partial charge in [-0.3, -0.25) is 9.59 Å². The molecule has 4 atom stereocenters. The number of fused-ring (bicyclic) bond motifs is 1. The Bertz CT molecular complexity index is 589. The number of ether oxygens (including phenoxy) is 1. The normalized spacial score (nSPS) is 39.1. The number of rotatable bonds is 2. The molecule has 5 nitrogen and oxygen atoms in total. The van der Waals surface area contributed by atoms with Crippen LogP contribution in [0.5, 0.6) is 0 Å². The number of ketones is 2. The Kier molecular flexibility index (Phi) is 6.35. The van der Waals surface area contributed by atoms with Crippen molar-refractivity contribution in [1.82, 2.24) is 0 Å². The van der Waals surface area contributed by atoms with E-state index < -0.39 is 6.10 Å². The van der Waals surface area contributed by atoms with Crippen LogP contribution in [-0.4, -0.2) is 46.2 Å². The second kappa shape index (κ2) is 7.94. The van der Waals surface area contributed by atoms with Gasteiger partial charge in [0.1, 0.15) is 12.2 Å². The number of carbonyl (C=O) groups is 2. The Morgan fingerprint density at radius 3 is 2.64 bits per heavy atom. The minimum Gasteiger partial charge on any atom is -0.392 e. The molecule has 1 fully saturated rings. The highest BCUT2D eigenvalue weighted by atomic mass is 16.6. The van der Waals surface area contributed by atoms with Crippen molar-refractivity contribution in [1.29, 1.82) is 0 Å². The van der Waals surface area contributed by atoms with Crippen LogP contribution in [0.3, 0.4) is 0 Å². The fourth-order valence-corrected chi connectivity index (χ4v) is 3.30. The van der Waals surface area contributed by atoms with Gasteiger partial charge >= 0.3 is 0 Å². The van der Waals surface area contributed by atoms with Crippen molar-refractivity contribution >= 4 is 11.6 Å². The third-order valence-electron chi connectivity index (χ3n) is 5.37. The van der Waals surface area contributed by atoms with E-state index in [1.807, 2.05) is 26.8 Å². The van der Waals surface area contributed by atoms with Crippen LogP contribution >= 0.6 is 0 Å². The van der Waals surface area contributed by atoms with Crippen LogP contribution in [0, 0.1) is 11.8 Å². The average molecular weight is 350 g/mol. The van der Waals surface area contributed by atoms with E-state index in [1.165, 1.54) is 0 Å². The predicted octanol–water partition coefficient (Wildman–Crippen LogP) is 2.35. The van der Waals surface area contributed by atoms with Gasteiger partial charge in [-0.05, 0) is 49.7 Å². The molecule has 1 heterocycles. The van der Waals surface area contributed by atoms with E-state index in [9.17, 15) is 19.8 Å². The molecule has 2 rings (SSSR count). The number of epoxide rings is 1. The van der Waals surface area contributed by atoms with Gasteiger partial charge in [-0.2, -0.15) is 0 Å². The topological polar surface area (TPSA) is 87.1 Å². The van der Waals surface area contributed by atoms with Crippen LogP contribution in [0.2, 0.25) is 0 Å². The number of hydrogen-bond acceptors (Lipinski definition) is 5. The zero-order valence-corrected chi connectivity index (χ0v) is 15.6. The summed E-state index contributed by atoms with van der Waals surface area (Å²) in [6, 6.07) is 0. The third kappa shape index (κ3) is 4.66. The fraction of sp³-hybridized carbons (Fsp3) is 0.700. The van der Waals surface area contributed by atoms with Gasteiger partial charge in [-0.1, -0.05) is 26.8 Å². The SMILES string of the molecule is CC(C)/C1=C\[C@@H]2O[C@]2(C)CC/C=C(/CO)C(=O)CC[C@@H](C)[C@H](O)C1=O. The lowest BCUT2D eigenvalue weighted by Gasteiger charge is -2.21. The monoisotopic (exact) mass is 350 g/mol. The molecule has 0 aromatic heterocycles. The van der Waals surface area contributed by atoms with Gasteiger partial charge in [0.15, 0.2) is 11.6 Å². The molecule has 5 heteroatoms. The zero-order chi connectivity index (χ0) is 18.8. The van der Waals surface area contributed by atoms with Gasteiger partial charge in [0.25, 0.3) is 0 Å². The molecule has 0 radical (unpaired) electrons. The van der Waals surface area contributed by atoms with Crippen molar-refractivity contribution in [2.24, 2.45) is 11.8 Å². The van der Waals surface area contributed by atoms with Crippen molar-refractivity contribution in [2.75, 3.05) is 6.61 Å². The predicted molar refractivity (Wildman–Crippen MR) is 95.0 cm³/mol. The van der Waals surface area contributed by atoms with Gasteiger partial charge in [0.05, 0.1) is 12.2 Å². The second-order valence-corrected chi connectivity index (χ2v) is 7.80. The molecule has 1 aliphatic heterocycles. The molecule has 25 heavy (non-hydrogen) atoms. The van der Waals surface area contributed by atoms with E-state index in [-0.39, 0.29) is 48.1 Å². The Morgan fingerprint density at radius 1 is 1.36 bits per heavy atom. The number of allylic oxidation sites excluding steroid dienone is 1. The Labute approximate surface area is 149 Å². The minimum atomic E-state index is -1.13. The molecule has 0 amide bonds. The second-order valence-electron chi connectivity index (χ2n) is 7.80. The quantitative estimate of drug-likeness (QED) is 0.747. The lowest BCUT2D eigenvalue weighted by Crippen LogP contribution is -2.31. The highest BCUT2D eigenvalue weighted by molar-refractivity contribution is 5.99. The largest absolute Gasteiger partial charge is 0.392 e. The van der Waals surface area contributed by atoms with Crippen molar-refractivity contribution in [3.05, 3.63) is 23.3 Å². The Morgan fingerprint density at radius 2 is 2.04 bits per heavy atom. The van der Waals surface area contributed by atoms with Crippen LogP contribution in [0.1, 0.15) is 53.4 Å². The minimum absolute atomic E-state index is 0.00164. The first-order valence-electron chi connectivity index (χ1n) is 9.14. The van der Waals surface area contributed by atoms with Crippen molar-refractivity contribution in [3.63, 3.8) is 0 Å². The molecule has 0 saturated carbocycles. The van der Waals surface area contributed by atoms with Gasteiger partial charge in [-0.25, -0.2) is 0 Å². The summed E-state index contributed by atoms with van der Waals surface area (Å²) in [4.78, 5) is 25.0. The summed E-state index contributed by atoms with van der Waals surface area (Å²) < 4.78 is 5.78. The molecule has 2 N–H and O–H groups in total. The maximum absolute atomic E-state index is 12.7. The lowest BCUT2D eigenvalue weighted by atomic mass is 9.86. The molecule has 0 aromatic carbocycles. The van der Waals surface area contributed by atoms with Crippen LogP contribution < -0.4 is 0 Å². The molecular weight excluding hydrogens is 320 g/mol. The van der Waals surface area contributed by atoms with Crippen LogP contribution in [0.15, 0.2) is 23.3 Å². The molecular formula is C20H30O5. The van der Waals surface area contributed by atoms with Crippen molar-refractivity contribution in [3.8, 4) is 0 Å². The average Bonchev–Trinajstić information content (AvgIpc) is 3.21. The summed E-state index contributed by atoms with van der Waals surface area (Å²) in [5, 5.41) is 19.9. The van der Waals surface area contributed by atoms with E-state index in [1.54, 1.807) is 13.0 Å². The summed E-state index contributed by atoms with van der Waals surface area (Å²) in [6.45, 7) is 7.34. The standard InChI is InChI=1S/C20H30O5/c1-12(2)15-10-17-20(4,25-17)9-5-6-14(11-21)16(22)8-7-13(3)18(23)19(15)24/h6,10,12-13,17-18,21,23H,5,7-9,11H2,1-4H3/b14-6-,15-10+/t13-,17+,18+,20-/m1/s1. The zero-order valence-electron chi connectivity index (χ0n) is 15.6. The summed E-state index contributed by atoms with van der Waals surface area (Å²) in [5.74, 6) is -0.724. The summed E-state index contributed by atoms with van der Waals surface area (Å²) in [5.41, 5.74) is 0.647. The Hall–Kier alpha value is -1.30. The van der Waals surface area contributed by atoms with Gasteiger partial charge in [-0.15, -0.1) is 0 Å². The maximum atomic E-state index is 12.7. The number of hydrogen-bond donors (Lipinski definition) is 2. The number of aliphatic hydroxyl groups is 2. The number of carbonyl (C=O) groups excluding carboxylic acids is 2. The lowest BCUT2D eigenvalue weighted by molar-refractivity contribution is -0.126. The molecule has 0 unspecified atom stereocenters. The van der Waals surface area contributed by atoms with Crippen LogP contribution in [0.4, 0.5) is 0 Å². The van der Waals surface area contributed by atoms with Gasteiger partial charge in [0.2, 0.25) is 0 Å². The maximum Gasteiger partial charge on any atom is 0.187 e. The van der Waals surface area contributed by atoms with Crippen molar-refractivity contribution in [2.45, 2.75) is 71.2 Å². The van der Waals surface area contributed by atoms with E-state index in [2.05, 4.69) is 0 Å². The summed E-state index contributed by atoms with van der Waals surface area (Å²) >= 11 is 0. The fourth-order valence-electron chi connectivity index (χ4n) is 3.30. The Balaban J connectivity index is 2.30. The molecule has 1 saturated heterocycles. The molecule has 0 bridgehead atoms. The van der Waals surface area contributed by atoms with Crippen LogP contribution in [-0.2, 0) is 14.3 Å². The molecule has 140 valence electrons. The van der Waals surface area contributed by atoms with E-state index >= 15 is 0 Å². The highest BCUT2D eigenvalue weighted by Gasteiger charge is 2.50. The summed E-state index contributed by atoms with van der Waals surface area (Å²) in [7, 11) is 0. The summed E-state index contributed by atoms with van der Waals surface area (Å²) in [6.07, 6.45) is 4.35. The van der Waals surface area contributed by atoms with E-state index in [0.29, 0.717) is 30.4 Å². The molecule has 0 aromatic rings. The van der Waals surface area contributed by atoms with Gasteiger partial charge < -0.3 is 14.9 Å². The molecule has 1 aliphatic carbocycles. The highest BCUT2D eigenvalue weighted by Crippen LogP contribution is 2.42. The number of aliphatic hydroxyl groups excluding tert-OH is 2. The first kappa shape index (κ1) is 20.0. The first-order chi connectivity index (χ1) is 11.7. The number of Topliss-reactive ketones (excluding diaryl/α,β-unsaturated/α-hetero) is 2. The van der Waals surface area contributed by atoms with Crippen LogP contribution in [0.25, 0.3) is 0 Å². The van der Waals surface area contributed by atoms with E-state index in [4.69, 9.17) is 4.74 Å². The van der Waals surface area contributed by atoms with Crippen molar-refractivity contribution < 1.29 is 24.5 Å². The molecule has 2 aliphatic rings. The molecule has 0 spiro atoms. The third-order valence-corrected chi connectivity index (χ3v) is 5.37.